The fraction of sp³-hybridized carbons (Fsp3) is 0.231. The van der Waals surface area contributed by atoms with Gasteiger partial charge in [-0.3, -0.25) is 0 Å². The molecule has 0 radical (unpaired) electrons. The monoisotopic (exact) mass is 280 g/mol. The first-order chi connectivity index (χ1) is 9.02. The molecule has 0 bridgehead atoms. The van der Waals surface area contributed by atoms with Crippen molar-refractivity contribution in [1.82, 2.24) is 5.32 Å². The van der Waals surface area contributed by atoms with Crippen molar-refractivity contribution in [2.75, 3.05) is 5.32 Å². The number of carboxylic acid groups (broad SMARTS) is 1. The molecule has 19 heavy (non-hydrogen) atoms. The third kappa shape index (κ3) is 5.32. The summed E-state index contributed by atoms with van der Waals surface area (Å²) in [5.41, 5.74) is 0.521. The average Bonchev–Trinajstić information content (AvgIpc) is 2.37. The molecule has 1 aromatic carbocycles. The van der Waals surface area contributed by atoms with E-state index in [-0.39, 0.29) is 6.42 Å². The van der Waals surface area contributed by atoms with Gasteiger partial charge >= 0.3 is 12.0 Å². The van der Waals surface area contributed by atoms with Gasteiger partial charge in [0.1, 0.15) is 6.04 Å². The zero-order chi connectivity index (χ0) is 14.3. The van der Waals surface area contributed by atoms with E-state index in [1.165, 1.54) is 0 Å². The highest BCUT2D eigenvalue weighted by molar-refractivity contribution is 6.30. The van der Waals surface area contributed by atoms with E-state index in [4.69, 9.17) is 16.7 Å². The largest absolute Gasteiger partial charge is 0.480 e. The maximum Gasteiger partial charge on any atom is 0.327 e. The Bertz CT molecular complexity index is 517. The summed E-state index contributed by atoms with van der Waals surface area (Å²) in [6, 6.07) is 4.82. The molecule has 1 unspecified atom stereocenters. The number of nitrogens with one attached hydrogen (secondary N) is 2. The molecule has 0 aromatic heterocycles. The van der Waals surface area contributed by atoms with Crippen molar-refractivity contribution in [3.8, 4) is 11.8 Å². The fourth-order valence-corrected chi connectivity index (χ4v) is 1.39. The van der Waals surface area contributed by atoms with Crippen molar-refractivity contribution in [2.24, 2.45) is 0 Å². The minimum Gasteiger partial charge on any atom is -0.480 e. The van der Waals surface area contributed by atoms with Crippen LogP contribution in [0, 0.1) is 11.8 Å². The van der Waals surface area contributed by atoms with Gasteiger partial charge in [-0.1, -0.05) is 11.6 Å². The molecule has 3 N–H and O–H groups in total. The molecule has 0 aliphatic carbocycles. The van der Waals surface area contributed by atoms with Crippen LogP contribution in [0.2, 0.25) is 5.02 Å². The van der Waals surface area contributed by atoms with Crippen molar-refractivity contribution in [3.63, 3.8) is 0 Å². The molecular formula is C13H13ClN2O3. The zero-order valence-electron chi connectivity index (χ0n) is 10.2. The highest BCUT2D eigenvalue weighted by Gasteiger charge is 2.18. The van der Waals surface area contributed by atoms with Crippen LogP contribution in [0.3, 0.4) is 0 Å². The summed E-state index contributed by atoms with van der Waals surface area (Å²) in [4.78, 5) is 22.5. The minimum atomic E-state index is -1.13. The Morgan fingerprint density at radius 2 is 2.00 bits per heavy atom. The molecule has 100 valence electrons. The molecule has 5 nitrogen and oxygen atoms in total. The van der Waals surface area contributed by atoms with Crippen LogP contribution in [0.15, 0.2) is 24.3 Å². The van der Waals surface area contributed by atoms with Crippen LogP contribution in [0.25, 0.3) is 0 Å². The number of carboxylic acids is 1. The first-order valence-electron chi connectivity index (χ1n) is 5.48. The molecule has 1 atom stereocenters. The van der Waals surface area contributed by atoms with E-state index in [1.54, 1.807) is 31.2 Å². The predicted octanol–water partition coefficient (Wildman–Crippen LogP) is 2.33. The highest BCUT2D eigenvalue weighted by atomic mass is 35.5. The van der Waals surface area contributed by atoms with Gasteiger partial charge in [-0.25, -0.2) is 9.59 Å². The average molecular weight is 281 g/mol. The van der Waals surface area contributed by atoms with E-state index in [0.29, 0.717) is 10.7 Å². The number of hydrogen-bond acceptors (Lipinski definition) is 2. The van der Waals surface area contributed by atoms with Gasteiger partial charge in [0.25, 0.3) is 0 Å². The second-order valence-corrected chi connectivity index (χ2v) is 4.06. The molecule has 1 aromatic rings. The number of benzene rings is 1. The highest BCUT2D eigenvalue weighted by Crippen LogP contribution is 2.13. The number of halogens is 1. The van der Waals surface area contributed by atoms with Gasteiger partial charge in [0.15, 0.2) is 0 Å². The van der Waals surface area contributed by atoms with Gasteiger partial charge in [-0.15, -0.1) is 11.8 Å². The fourth-order valence-electron chi connectivity index (χ4n) is 1.26. The summed E-state index contributed by atoms with van der Waals surface area (Å²) in [6.07, 6.45) is 0.0554. The van der Waals surface area contributed by atoms with Crippen molar-refractivity contribution in [3.05, 3.63) is 29.3 Å². The molecule has 0 spiro atoms. The number of anilines is 1. The normalized spacial score (nSPS) is 10.8. The summed E-state index contributed by atoms with van der Waals surface area (Å²) in [5.74, 6) is 4.07. The van der Waals surface area contributed by atoms with Crippen LogP contribution in [0.4, 0.5) is 10.5 Å². The molecule has 0 aliphatic heterocycles. The van der Waals surface area contributed by atoms with Crippen molar-refractivity contribution < 1.29 is 14.7 Å². The second-order valence-electron chi connectivity index (χ2n) is 3.63. The van der Waals surface area contributed by atoms with E-state index in [1.807, 2.05) is 0 Å². The summed E-state index contributed by atoms with van der Waals surface area (Å²) in [5, 5.41) is 14.3. The van der Waals surface area contributed by atoms with E-state index in [0.717, 1.165) is 0 Å². The van der Waals surface area contributed by atoms with E-state index >= 15 is 0 Å². The van der Waals surface area contributed by atoms with E-state index in [9.17, 15) is 9.59 Å². The van der Waals surface area contributed by atoms with E-state index < -0.39 is 18.0 Å². The van der Waals surface area contributed by atoms with Gasteiger partial charge in [0.2, 0.25) is 0 Å². The summed E-state index contributed by atoms with van der Waals surface area (Å²) < 4.78 is 0. The third-order valence-corrected chi connectivity index (χ3v) is 2.44. The molecule has 0 saturated heterocycles. The van der Waals surface area contributed by atoms with Gasteiger partial charge in [-0.05, 0) is 31.2 Å². The number of amides is 2. The van der Waals surface area contributed by atoms with Crippen LogP contribution < -0.4 is 10.6 Å². The lowest BCUT2D eigenvalue weighted by Gasteiger charge is -2.12. The third-order valence-electron chi connectivity index (χ3n) is 2.19. The first-order valence-corrected chi connectivity index (χ1v) is 5.86. The molecule has 0 aliphatic rings. The molecule has 1 rings (SSSR count). The maximum absolute atomic E-state index is 11.6. The zero-order valence-corrected chi connectivity index (χ0v) is 11.0. The number of carbonyl (C=O) groups excluding carboxylic acids is 1. The molecule has 0 heterocycles. The van der Waals surface area contributed by atoms with Gasteiger partial charge in [0, 0.05) is 17.1 Å². The van der Waals surface area contributed by atoms with Crippen LogP contribution in [0.5, 0.6) is 0 Å². The number of hydrogen-bond donors (Lipinski definition) is 3. The Morgan fingerprint density at radius 3 is 2.53 bits per heavy atom. The molecule has 6 heteroatoms. The maximum atomic E-state index is 11.6. The van der Waals surface area contributed by atoms with Gasteiger partial charge in [0.05, 0.1) is 0 Å². The minimum absolute atomic E-state index is 0.0554. The van der Waals surface area contributed by atoms with Crippen LogP contribution in [-0.4, -0.2) is 23.1 Å². The standard InChI is InChI=1S/C13H13ClN2O3/c1-2-3-4-11(12(17)18)16-13(19)15-10-7-5-9(14)6-8-10/h5-8,11H,4H2,1H3,(H,17,18)(H2,15,16,19). The lowest BCUT2D eigenvalue weighted by Crippen LogP contribution is -2.42. The number of aliphatic carboxylic acids is 1. The smallest absolute Gasteiger partial charge is 0.327 e. The Labute approximate surface area is 116 Å². The summed E-state index contributed by atoms with van der Waals surface area (Å²) in [7, 11) is 0. The Balaban J connectivity index is 2.59. The second kappa shape index (κ2) is 7.29. The Morgan fingerprint density at radius 1 is 1.37 bits per heavy atom. The lowest BCUT2D eigenvalue weighted by molar-refractivity contribution is -0.139. The van der Waals surface area contributed by atoms with Crippen molar-refractivity contribution >= 4 is 29.3 Å². The topological polar surface area (TPSA) is 78.4 Å². The Kier molecular flexibility index (Phi) is 5.71. The van der Waals surface area contributed by atoms with Crippen LogP contribution >= 0.6 is 11.6 Å². The van der Waals surface area contributed by atoms with Crippen molar-refractivity contribution in [2.45, 2.75) is 19.4 Å². The molecular weight excluding hydrogens is 268 g/mol. The van der Waals surface area contributed by atoms with Gasteiger partial charge in [-0.2, -0.15) is 0 Å². The quantitative estimate of drug-likeness (QED) is 0.741. The van der Waals surface area contributed by atoms with Gasteiger partial charge < -0.3 is 15.7 Å². The van der Waals surface area contributed by atoms with Crippen LogP contribution in [-0.2, 0) is 4.79 Å². The SMILES string of the molecule is CC#CCC(NC(=O)Nc1ccc(Cl)cc1)C(=O)O. The lowest BCUT2D eigenvalue weighted by atomic mass is 10.2. The number of carbonyl (C=O) groups is 2. The summed E-state index contributed by atoms with van der Waals surface area (Å²) >= 11 is 5.71. The number of urea groups is 1. The molecule has 2 amide bonds. The Hall–Kier alpha value is -2.19. The first kappa shape index (κ1) is 14.9. The summed E-state index contributed by atoms with van der Waals surface area (Å²) in [6.45, 7) is 1.60. The predicted molar refractivity (Wildman–Crippen MR) is 73.1 cm³/mol. The van der Waals surface area contributed by atoms with Crippen molar-refractivity contribution in [1.29, 1.82) is 0 Å². The number of rotatable bonds is 4. The molecule has 0 saturated carbocycles. The van der Waals surface area contributed by atoms with Crippen LogP contribution in [0.1, 0.15) is 13.3 Å². The molecule has 0 fully saturated rings. The van der Waals surface area contributed by atoms with E-state index in [2.05, 4.69) is 22.5 Å².